The van der Waals surface area contributed by atoms with Crippen LogP contribution in [0.2, 0.25) is 0 Å². The van der Waals surface area contributed by atoms with Crippen LogP contribution in [0.3, 0.4) is 0 Å². The van der Waals surface area contributed by atoms with Gasteiger partial charge < -0.3 is 19.7 Å². The zero-order valence-electron chi connectivity index (χ0n) is 14.2. The second-order valence-corrected chi connectivity index (χ2v) is 6.79. The van der Waals surface area contributed by atoms with E-state index in [2.05, 4.69) is 19.2 Å². The molecule has 6 heteroatoms. The van der Waals surface area contributed by atoms with Crippen molar-refractivity contribution in [2.45, 2.75) is 26.7 Å². The lowest BCUT2D eigenvalue weighted by Gasteiger charge is -2.18. The number of hydrogen-bond donors (Lipinski definition) is 1. The number of carbonyl (C=O) groups excluding carboxylic acids is 2. The zero-order chi connectivity index (χ0) is 17.1. The minimum Gasteiger partial charge on any atom is -0.490 e. The molecular formula is C18H24N2O4. The summed E-state index contributed by atoms with van der Waals surface area (Å²) in [5, 5.41) is 2.90. The van der Waals surface area contributed by atoms with E-state index in [1.165, 1.54) is 0 Å². The van der Waals surface area contributed by atoms with Crippen molar-refractivity contribution in [1.82, 2.24) is 4.90 Å². The molecule has 1 atom stereocenters. The van der Waals surface area contributed by atoms with E-state index < -0.39 is 0 Å². The number of amides is 2. The molecule has 1 aromatic rings. The number of carbonyl (C=O) groups is 2. The first kappa shape index (κ1) is 16.6. The fraction of sp³-hybridized carbons (Fsp3) is 0.556. The van der Waals surface area contributed by atoms with Crippen molar-refractivity contribution in [2.24, 2.45) is 11.8 Å². The largest absolute Gasteiger partial charge is 0.490 e. The highest BCUT2D eigenvalue weighted by atomic mass is 16.5. The third-order valence-electron chi connectivity index (χ3n) is 4.19. The van der Waals surface area contributed by atoms with E-state index in [-0.39, 0.29) is 24.2 Å². The molecule has 0 aliphatic carbocycles. The summed E-state index contributed by atoms with van der Waals surface area (Å²) in [5.74, 6) is 1.38. The molecule has 3 rings (SSSR count). The summed E-state index contributed by atoms with van der Waals surface area (Å²) in [7, 11) is 0. The summed E-state index contributed by atoms with van der Waals surface area (Å²) in [5.41, 5.74) is 0.666. The molecule has 1 aromatic carbocycles. The van der Waals surface area contributed by atoms with Gasteiger partial charge in [-0.2, -0.15) is 0 Å². The Hall–Kier alpha value is -2.24. The van der Waals surface area contributed by atoms with Crippen molar-refractivity contribution >= 4 is 17.5 Å². The van der Waals surface area contributed by atoms with Crippen LogP contribution in [-0.2, 0) is 9.59 Å². The zero-order valence-corrected chi connectivity index (χ0v) is 14.2. The van der Waals surface area contributed by atoms with Crippen molar-refractivity contribution in [3.8, 4) is 11.5 Å². The summed E-state index contributed by atoms with van der Waals surface area (Å²) >= 11 is 0. The molecule has 0 bridgehead atoms. The van der Waals surface area contributed by atoms with Crippen LogP contribution in [0.1, 0.15) is 26.7 Å². The molecule has 1 fully saturated rings. The van der Waals surface area contributed by atoms with Crippen molar-refractivity contribution in [2.75, 3.05) is 31.6 Å². The summed E-state index contributed by atoms with van der Waals surface area (Å²) in [6.07, 6.45) is 1.12. The number of nitrogens with zero attached hydrogens (tertiary/aromatic N) is 1. The van der Waals surface area contributed by atoms with Crippen LogP contribution in [0.25, 0.3) is 0 Å². The van der Waals surface area contributed by atoms with Gasteiger partial charge in [0.2, 0.25) is 11.8 Å². The molecule has 6 nitrogen and oxygen atoms in total. The molecule has 0 aromatic heterocycles. The van der Waals surface area contributed by atoms with Gasteiger partial charge in [0.25, 0.3) is 0 Å². The fourth-order valence-corrected chi connectivity index (χ4v) is 3.05. The van der Waals surface area contributed by atoms with E-state index in [1.54, 1.807) is 23.1 Å². The molecule has 24 heavy (non-hydrogen) atoms. The van der Waals surface area contributed by atoms with Crippen molar-refractivity contribution < 1.29 is 19.1 Å². The highest BCUT2D eigenvalue weighted by Gasteiger charge is 2.34. The van der Waals surface area contributed by atoms with Gasteiger partial charge in [-0.1, -0.05) is 13.8 Å². The monoisotopic (exact) mass is 332 g/mol. The van der Waals surface area contributed by atoms with E-state index in [0.717, 1.165) is 6.42 Å². The molecule has 1 saturated heterocycles. The molecule has 2 aliphatic heterocycles. The first-order valence-electron chi connectivity index (χ1n) is 8.51. The molecule has 0 saturated carbocycles. The normalized spacial score (nSPS) is 20.2. The minimum atomic E-state index is -0.299. The first-order chi connectivity index (χ1) is 11.5. The van der Waals surface area contributed by atoms with Gasteiger partial charge in [-0.15, -0.1) is 0 Å². The van der Waals surface area contributed by atoms with Crippen LogP contribution < -0.4 is 14.8 Å². The number of benzene rings is 1. The average Bonchev–Trinajstić information content (AvgIpc) is 2.75. The van der Waals surface area contributed by atoms with Gasteiger partial charge in [-0.05, 0) is 18.1 Å². The molecule has 1 unspecified atom stereocenters. The van der Waals surface area contributed by atoms with E-state index in [0.29, 0.717) is 49.4 Å². The summed E-state index contributed by atoms with van der Waals surface area (Å²) in [4.78, 5) is 26.3. The van der Waals surface area contributed by atoms with Gasteiger partial charge in [0.05, 0.1) is 19.1 Å². The molecule has 130 valence electrons. The lowest BCUT2D eigenvalue weighted by molar-refractivity contribution is -0.128. The number of fused-ring (bicyclic) bond motifs is 1. The quantitative estimate of drug-likeness (QED) is 0.918. The Morgan fingerprint density at radius 3 is 2.79 bits per heavy atom. The first-order valence-corrected chi connectivity index (χ1v) is 8.51. The highest BCUT2D eigenvalue weighted by molar-refractivity contribution is 5.97. The van der Waals surface area contributed by atoms with Crippen LogP contribution >= 0.6 is 0 Å². The molecule has 0 spiro atoms. The standard InChI is InChI=1S/C18H24N2O4/c1-12(2)10-20-11-13(8-17(20)21)18(22)19-14-4-5-15-16(9-14)24-7-3-6-23-15/h4-5,9,12-13H,3,6-8,10-11H2,1-2H3,(H,19,22). The molecular weight excluding hydrogens is 308 g/mol. The van der Waals surface area contributed by atoms with Crippen molar-refractivity contribution in [1.29, 1.82) is 0 Å². The van der Waals surface area contributed by atoms with Gasteiger partial charge >= 0.3 is 0 Å². The maximum Gasteiger partial charge on any atom is 0.229 e. The number of likely N-dealkylation sites (tertiary alicyclic amines) is 1. The summed E-state index contributed by atoms with van der Waals surface area (Å²) in [6, 6.07) is 5.39. The third kappa shape index (κ3) is 3.80. The van der Waals surface area contributed by atoms with Crippen molar-refractivity contribution in [3.63, 3.8) is 0 Å². The lowest BCUT2D eigenvalue weighted by Crippen LogP contribution is -2.31. The van der Waals surface area contributed by atoms with Gasteiger partial charge in [0.15, 0.2) is 11.5 Å². The second-order valence-electron chi connectivity index (χ2n) is 6.79. The Morgan fingerprint density at radius 1 is 1.29 bits per heavy atom. The van der Waals surface area contributed by atoms with Gasteiger partial charge in [-0.3, -0.25) is 9.59 Å². The maximum atomic E-state index is 12.5. The average molecular weight is 332 g/mol. The highest BCUT2D eigenvalue weighted by Crippen LogP contribution is 2.32. The van der Waals surface area contributed by atoms with Crippen LogP contribution in [0, 0.1) is 11.8 Å². The van der Waals surface area contributed by atoms with Crippen molar-refractivity contribution in [3.05, 3.63) is 18.2 Å². The SMILES string of the molecule is CC(C)CN1CC(C(=O)Nc2ccc3c(c2)OCCCO3)CC1=O. The third-order valence-corrected chi connectivity index (χ3v) is 4.19. The lowest BCUT2D eigenvalue weighted by atomic mass is 10.1. The Bertz CT molecular complexity index is 629. The number of hydrogen-bond acceptors (Lipinski definition) is 4. The Balaban J connectivity index is 1.63. The topological polar surface area (TPSA) is 67.9 Å². The van der Waals surface area contributed by atoms with Crippen LogP contribution in [-0.4, -0.2) is 43.0 Å². The number of anilines is 1. The van der Waals surface area contributed by atoms with E-state index in [9.17, 15) is 9.59 Å². The number of rotatable bonds is 4. The second kappa shape index (κ2) is 7.11. The van der Waals surface area contributed by atoms with Crippen LogP contribution in [0.5, 0.6) is 11.5 Å². The Labute approximate surface area is 142 Å². The Kier molecular flexibility index (Phi) is 4.92. The smallest absolute Gasteiger partial charge is 0.229 e. The van der Waals surface area contributed by atoms with E-state index >= 15 is 0 Å². The molecule has 0 radical (unpaired) electrons. The van der Waals surface area contributed by atoms with E-state index in [4.69, 9.17) is 9.47 Å². The predicted octanol–water partition coefficient (Wildman–Crippen LogP) is 2.29. The van der Waals surface area contributed by atoms with E-state index in [1.807, 2.05) is 0 Å². The minimum absolute atomic E-state index is 0.0579. The molecule has 1 N–H and O–H groups in total. The number of nitrogens with one attached hydrogen (secondary N) is 1. The van der Waals surface area contributed by atoms with Crippen LogP contribution in [0.15, 0.2) is 18.2 Å². The van der Waals surface area contributed by atoms with Gasteiger partial charge in [0, 0.05) is 37.7 Å². The van der Waals surface area contributed by atoms with Gasteiger partial charge in [0.1, 0.15) is 0 Å². The molecule has 2 aliphatic rings. The Morgan fingerprint density at radius 2 is 2.04 bits per heavy atom. The number of ether oxygens (including phenoxy) is 2. The summed E-state index contributed by atoms with van der Waals surface area (Å²) in [6.45, 7) is 6.57. The maximum absolute atomic E-state index is 12.5. The van der Waals surface area contributed by atoms with Gasteiger partial charge in [-0.25, -0.2) is 0 Å². The summed E-state index contributed by atoms with van der Waals surface area (Å²) < 4.78 is 11.2. The fourth-order valence-electron chi connectivity index (χ4n) is 3.05. The predicted molar refractivity (Wildman–Crippen MR) is 90.2 cm³/mol. The van der Waals surface area contributed by atoms with Crippen LogP contribution in [0.4, 0.5) is 5.69 Å². The molecule has 2 heterocycles. The molecule has 2 amide bonds.